The lowest BCUT2D eigenvalue weighted by molar-refractivity contribution is 0.487. The summed E-state index contributed by atoms with van der Waals surface area (Å²) in [6.45, 7) is 0. The van der Waals surface area contributed by atoms with Gasteiger partial charge in [-0.25, -0.2) is 0 Å². The van der Waals surface area contributed by atoms with Crippen molar-refractivity contribution in [2.45, 2.75) is 0 Å². The van der Waals surface area contributed by atoms with Crippen molar-refractivity contribution >= 4 is 43.1 Å². The Morgan fingerprint density at radius 1 is 0.400 bits per heavy atom. The van der Waals surface area contributed by atoms with Gasteiger partial charge in [0.25, 0.3) is 0 Å². The minimum atomic E-state index is -0.636. The highest BCUT2D eigenvalue weighted by molar-refractivity contribution is 6.25. The number of rotatable bonds is 3. The highest BCUT2D eigenvalue weighted by Crippen LogP contribution is 2.48. The van der Waals surface area contributed by atoms with E-state index in [1.54, 1.807) is 42.5 Å². The molecular weight excluding hydrogens is 544 g/mol. The minimum absolute atomic E-state index is 0.0125. The Hall–Kier alpha value is -5.92. The Labute approximate surface area is 286 Å². The number of benzene rings is 9. The van der Waals surface area contributed by atoms with Crippen LogP contribution in [0.2, 0.25) is 0 Å². The molecule has 0 amide bonds. The molecule has 0 N–H and O–H groups in total. The fraction of sp³-hybridized carbons (Fsp3) is 0. The van der Waals surface area contributed by atoms with E-state index in [9.17, 15) is 8.22 Å². The van der Waals surface area contributed by atoms with Crippen LogP contribution in [0.4, 0.5) is 0 Å². The zero-order chi connectivity index (χ0) is 45.1. The average molecular weight is 589 g/mol. The van der Waals surface area contributed by atoms with Crippen LogP contribution in [0.1, 0.15) is 24.7 Å². The second kappa shape index (κ2) is 9.29. The van der Waals surface area contributed by atoms with E-state index in [0.717, 1.165) is 0 Å². The predicted molar refractivity (Wildman–Crippen MR) is 189 cm³/mol. The van der Waals surface area contributed by atoms with Crippen molar-refractivity contribution < 1.29 is 29.4 Å². The van der Waals surface area contributed by atoms with Crippen LogP contribution >= 0.6 is 0 Å². The van der Waals surface area contributed by atoms with Crippen LogP contribution in [-0.4, -0.2) is 0 Å². The molecule has 1 heteroatoms. The summed E-state index contributed by atoms with van der Waals surface area (Å²) in [6.07, 6.45) is 0. The van der Waals surface area contributed by atoms with Gasteiger partial charge in [0, 0.05) is 10.9 Å². The summed E-state index contributed by atoms with van der Waals surface area (Å²) in [5.41, 5.74) is 0.577. The maximum Gasteiger partial charge on any atom is 0.135 e. The van der Waals surface area contributed by atoms with E-state index in [1.807, 2.05) is 0 Å². The first-order valence-corrected chi connectivity index (χ1v) is 14.1. The molecule has 0 aliphatic carbocycles. The summed E-state index contributed by atoms with van der Waals surface area (Å²) in [6, 6.07) is 3.60. The standard InChI is InChI=1S/C44H26O/c1-2-7-27(8-3-1)33-23-34(32-19-22-40-39(26-32)37-13-5-11-28-12-6-14-41(45-40)43(28)37)25-35(24-33)36-20-17-31-16-15-29-9-4-10-30-18-21-38(36)44(31)42(29)30/h1-26H/i4D,5D,6D,9D,10D,11D,12D,13D,14D,15D,16D,17D,18D,19D,20D,21D,22D,26D. The lowest BCUT2D eigenvalue weighted by Gasteiger charge is -2.22. The maximum atomic E-state index is 9.72. The van der Waals surface area contributed by atoms with Crippen LogP contribution in [-0.2, 0) is 0 Å². The average Bonchev–Trinajstić information content (AvgIpc) is 3.27. The van der Waals surface area contributed by atoms with Gasteiger partial charge in [0.05, 0.1) is 24.7 Å². The number of ether oxygens (including phenoxy) is 1. The van der Waals surface area contributed by atoms with Gasteiger partial charge in [0.1, 0.15) is 11.5 Å². The molecule has 1 heterocycles. The summed E-state index contributed by atoms with van der Waals surface area (Å²) >= 11 is 0. The Kier molecular flexibility index (Phi) is 2.68. The van der Waals surface area contributed by atoms with E-state index in [0.29, 0.717) is 11.1 Å². The van der Waals surface area contributed by atoms with Crippen LogP contribution < -0.4 is 4.74 Å². The van der Waals surface area contributed by atoms with Gasteiger partial charge in [0.15, 0.2) is 0 Å². The lowest BCUT2D eigenvalue weighted by Crippen LogP contribution is -1.97. The summed E-state index contributed by atoms with van der Waals surface area (Å²) in [4.78, 5) is 0. The second-order valence-corrected chi connectivity index (χ2v) is 10.7. The van der Waals surface area contributed by atoms with Crippen LogP contribution in [0, 0.1) is 0 Å². The summed E-state index contributed by atoms with van der Waals surface area (Å²) in [5.74, 6) is -0.757. The second-order valence-electron chi connectivity index (χ2n) is 10.7. The SMILES string of the molecule is [2H]c1c([2H])c(-c2cc(-c3ccccc3)cc(-c3c([2H])c([2H])c4c([2H])c([2H])c5c([2H])c([2H])c([2H])c6c([2H])c([2H])c3c4c56)c2)c([2H])c2c1Oc1c([2H])c([2H])c([2H])c3c([2H])c([2H])c([2H])c-2c13. The third kappa shape index (κ3) is 3.68. The Balaban J connectivity index is 1.36. The molecule has 0 saturated carbocycles. The van der Waals surface area contributed by atoms with Gasteiger partial charge in [-0.15, -0.1) is 0 Å². The fourth-order valence-corrected chi connectivity index (χ4v) is 6.09. The van der Waals surface area contributed by atoms with Gasteiger partial charge in [-0.2, -0.15) is 0 Å². The normalized spacial score (nSPS) is 17.8. The highest BCUT2D eigenvalue weighted by Gasteiger charge is 2.21. The summed E-state index contributed by atoms with van der Waals surface area (Å²) in [5, 5.41) is -1.18. The first kappa shape index (κ1) is 13.0. The van der Waals surface area contributed by atoms with Gasteiger partial charge in [-0.05, 0) is 113 Å². The van der Waals surface area contributed by atoms with Crippen molar-refractivity contribution in [2.24, 2.45) is 0 Å². The van der Waals surface area contributed by atoms with Gasteiger partial charge >= 0.3 is 0 Å². The first-order valence-electron chi connectivity index (χ1n) is 23.1. The molecule has 0 radical (unpaired) electrons. The highest BCUT2D eigenvalue weighted by atomic mass is 16.5. The zero-order valence-corrected chi connectivity index (χ0v) is 23.0. The number of hydrogen-bond donors (Lipinski definition) is 0. The van der Waals surface area contributed by atoms with Gasteiger partial charge in [-0.3, -0.25) is 0 Å². The lowest BCUT2D eigenvalue weighted by atomic mass is 9.87. The minimum Gasteiger partial charge on any atom is -0.456 e. The van der Waals surface area contributed by atoms with E-state index in [2.05, 4.69) is 0 Å². The molecule has 1 aliphatic heterocycles. The van der Waals surface area contributed by atoms with Crippen molar-refractivity contribution in [2.75, 3.05) is 0 Å². The summed E-state index contributed by atoms with van der Waals surface area (Å²) < 4.78 is 167. The largest absolute Gasteiger partial charge is 0.456 e. The van der Waals surface area contributed by atoms with E-state index >= 15 is 0 Å². The van der Waals surface area contributed by atoms with Crippen molar-refractivity contribution in [1.82, 2.24) is 0 Å². The molecule has 0 unspecified atom stereocenters. The topological polar surface area (TPSA) is 9.23 Å². The molecule has 1 nitrogen and oxygen atoms in total. The van der Waals surface area contributed by atoms with Crippen LogP contribution in [0.5, 0.6) is 11.5 Å². The molecule has 9 aromatic rings. The molecule has 0 aromatic heterocycles. The molecule has 0 atom stereocenters. The van der Waals surface area contributed by atoms with Gasteiger partial charge < -0.3 is 4.74 Å². The smallest absolute Gasteiger partial charge is 0.135 e. The van der Waals surface area contributed by atoms with E-state index in [4.69, 9.17) is 21.2 Å². The van der Waals surface area contributed by atoms with Crippen molar-refractivity contribution in [1.29, 1.82) is 0 Å². The van der Waals surface area contributed by atoms with Crippen molar-refractivity contribution in [3.63, 3.8) is 0 Å². The van der Waals surface area contributed by atoms with Gasteiger partial charge in [-0.1, -0.05) is 121 Å². The number of fused-ring (bicyclic) bond motifs is 2. The van der Waals surface area contributed by atoms with Crippen molar-refractivity contribution in [3.8, 4) is 56.0 Å². The maximum absolute atomic E-state index is 9.72. The number of hydrogen-bond acceptors (Lipinski definition) is 1. The summed E-state index contributed by atoms with van der Waals surface area (Å²) in [7, 11) is 0. The molecule has 10 rings (SSSR count). The molecule has 9 aromatic carbocycles. The van der Waals surface area contributed by atoms with Gasteiger partial charge in [0.2, 0.25) is 0 Å². The van der Waals surface area contributed by atoms with Crippen LogP contribution in [0.3, 0.4) is 0 Å². The molecule has 0 saturated heterocycles. The fourth-order valence-electron chi connectivity index (χ4n) is 6.09. The quantitative estimate of drug-likeness (QED) is 0.187. The Morgan fingerprint density at radius 2 is 1.04 bits per heavy atom. The van der Waals surface area contributed by atoms with Crippen LogP contribution in [0.15, 0.2) is 157 Å². The van der Waals surface area contributed by atoms with E-state index < -0.39 is 115 Å². The molecule has 0 spiro atoms. The molecule has 45 heavy (non-hydrogen) atoms. The molecule has 0 bridgehead atoms. The van der Waals surface area contributed by atoms with Crippen molar-refractivity contribution in [3.05, 3.63) is 157 Å². The van der Waals surface area contributed by atoms with Crippen LogP contribution in [0.25, 0.3) is 87.6 Å². The van der Waals surface area contributed by atoms with E-state index in [1.165, 1.54) is 6.07 Å². The Bertz CT molecular complexity index is 3590. The zero-order valence-electron chi connectivity index (χ0n) is 41.0. The molecule has 0 fully saturated rings. The third-order valence-corrected chi connectivity index (χ3v) is 8.13. The first-order chi connectivity index (χ1) is 29.8. The third-order valence-electron chi connectivity index (χ3n) is 8.13. The molecule has 1 aliphatic rings. The molecular formula is C44H26O. The Morgan fingerprint density at radius 3 is 1.87 bits per heavy atom. The monoisotopic (exact) mass is 588 g/mol. The molecule has 208 valence electrons. The predicted octanol–water partition coefficient (Wildman–Crippen LogP) is 12.5. The van der Waals surface area contributed by atoms with E-state index in [-0.39, 0.29) is 82.2 Å².